The Morgan fingerprint density at radius 1 is 1.53 bits per heavy atom. The first kappa shape index (κ1) is 12.1. The van der Waals surface area contributed by atoms with Gasteiger partial charge in [-0.1, -0.05) is 6.92 Å². The summed E-state index contributed by atoms with van der Waals surface area (Å²) in [5.74, 6) is 0.721. The largest absolute Gasteiger partial charge is 0.374 e. The first-order valence-corrected chi connectivity index (χ1v) is 5.27. The zero-order valence-electron chi connectivity index (χ0n) is 9.60. The highest BCUT2D eigenvalue weighted by Gasteiger charge is 2.09. The molecule has 0 spiro atoms. The van der Waals surface area contributed by atoms with Crippen LogP contribution in [0.1, 0.15) is 37.9 Å². The number of hydrogen-bond donors (Lipinski definition) is 1. The number of aromatic nitrogens is 2. The second-order valence-corrected chi connectivity index (χ2v) is 3.66. The molecule has 2 unspecified atom stereocenters. The van der Waals surface area contributed by atoms with Gasteiger partial charge in [0.25, 0.3) is 0 Å². The van der Waals surface area contributed by atoms with Crippen molar-refractivity contribution in [1.29, 1.82) is 0 Å². The van der Waals surface area contributed by atoms with Crippen LogP contribution in [0.25, 0.3) is 0 Å². The molecule has 0 amide bonds. The van der Waals surface area contributed by atoms with E-state index in [1.165, 1.54) is 0 Å². The number of methoxy groups -OCH3 is 1. The molecule has 0 saturated heterocycles. The molecule has 2 N–H and O–H groups in total. The highest BCUT2D eigenvalue weighted by Crippen LogP contribution is 2.11. The monoisotopic (exact) mass is 209 g/mol. The van der Waals surface area contributed by atoms with Crippen molar-refractivity contribution >= 4 is 0 Å². The van der Waals surface area contributed by atoms with Gasteiger partial charge in [0.15, 0.2) is 5.82 Å². The lowest BCUT2D eigenvalue weighted by molar-refractivity contribution is 0.112. The molecule has 0 fully saturated rings. The predicted octanol–water partition coefficient (Wildman–Crippen LogP) is 1.46. The molecule has 0 aliphatic rings. The Kier molecular flexibility index (Phi) is 4.65. The molecular formula is C11H19N3O. The molecule has 1 aromatic heterocycles. The van der Waals surface area contributed by atoms with Gasteiger partial charge < -0.3 is 10.5 Å². The molecule has 15 heavy (non-hydrogen) atoms. The molecule has 0 aromatic carbocycles. The van der Waals surface area contributed by atoms with Crippen LogP contribution in [0.2, 0.25) is 0 Å². The lowest BCUT2D eigenvalue weighted by Crippen LogP contribution is -2.22. The predicted molar refractivity (Wildman–Crippen MR) is 59.4 cm³/mol. The van der Waals surface area contributed by atoms with Crippen molar-refractivity contribution in [2.75, 3.05) is 7.11 Å². The second kappa shape index (κ2) is 5.78. The van der Waals surface area contributed by atoms with Gasteiger partial charge in [-0.25, -0.2) is 9.97 Å². The second-order valence-electron chi connectivity index (χ2n) is 3.66. The Labute approximate surface area is 90.9 Å². The van der Waals surface area contributed by atoms with Gasteiger partial charge in [0.05, 0.1) is 0 Å². The normalized spacial score (nSPS) is 14.9. The molecule has 4 heteroatoms. The van der Waals surface area contributed by atoms with Crippen LogP contribution in [-0.2, 0) is 11.2 Å². The summed E-state index contributed by atoms with van der Waals surface area (Å²) in [5.41, 5.74) is 6.86. The highest BCUT2D eigenvalue weighted by atomic mass is 16.5. The van der Waals surface area contributed by atoms with E-state index in [2.05, 4.69) is 16.9 Å². The van der Waals surface area contributed by atoms with Crippen LogP contribution in [0, 0.1) is 0 Å². The zero-order valence-corrected chi connectivity index (χ0v) is 9.60. The van der Waals surface area contributed by atoms with Gasteiger partial charge in [0, 0.05) is 31.5 Å². The standard InChI is InChI=1S/C11H19N3O/c1-4-9(12)7-10-5-6-13-11(14-10)8(2)15-3/h5-6,8-9H,4,7,12H2,1-3H3. The van der Waals surface area contributed by atoms with E-state index in [9.17, 15) is 0 Å². The molecule has 4 nitrogen and oxygen atoms in total. The van der Waals surface area contributed by atoms with E-state index in [4.69, 9.17) is 10.5 Å². The fourth-order valence-electron chi connectivity index (χ4n) is 1.24. The number of ether oxygens (including phenoxy) is 1. The molecular weight excluding hydrogens is 190 g/mol. The van der Waals surface area contributed by atoms with E-state index in [1.54, 1.807) is 13.3 Å². The van der Waals surface area contributed by atoms with Gasteiger partial charge in [-0.05, 0) is 19.4 Å². The minimum Gasteiger partial charge on any atom is -0.374 e. The lowest BCUT2D eigenvalue weighted by Gasteiger charge is -2.11. The Bertz CT molecular complexity index is 304. The first-order chi connectivity index (χ1) is 7.17. The summed E-state index contributed by atoms with van der Waals surface area (Å²) in [6, 6.07) is 2.08. The first-order valence-electron chi connectivity index (χ1n) is 5.27. The van der Waals surface area contributed by atoms with Crippen molar-refractivity contribution in [1.82, 2.24) is 9.97 Å². The van der Waals surface area contributed by atoms with Gasteiger partial charge in [0.2, 0.25) is 0 Å². The molecule has 0 aliphatic carbocycles. The van der Waals surface area contributed by atoms with Gasteiger partial charge in [0.1, 0.15) is 6.10 Å². The van der Waals surface area contributed by atoms with Gasteiger partial charge >= 0.3 is 0 Å². The van der Waals surface area contributed by atoms with E-state index < -0.39 is 0 Å². The average Bonchev–Trinajstić information content (AvgIpc) is 2.28. The van der Waals surface area contributed by atoms with Crippen molar-refractivity contribution < 1.29 is 4.74 Å². The molecule has 0 saturated carbocycles. The molecule has 1 aromatic rings. The summed E-state index contributed by atoms with van der Waals surface area (Å²) < 4.78 is 5.17. The third-order valence-corrected chi connectivity index (χ3v) is 2.44. The summed E-state index contributed by atoms with van der Waals surface area (Å²) in [6.07, 6.45) is 3.44. The van der Waals surface area contributed by atoms with Crippen molar-refractivity contribution in [2.45, 2.75) is 38.8 Å². The average molecular weight is 209 g/mol. The minimum absolute atomic E-state index is 0.0669. The maximum atomic E-state index is 5.87. The topological polar surface area (TPSA) is 61.0 Å². The summed E-state index contributed by atoms with van der Waals surface area (Å²) >= 11 is 0. The van der Waals surface area contributed by atoms with Crippen LogP contribution in [0.3, 0.4) is 0 Å². The smallest absolute Gasteiger partial charge is 0.156 e. The zero-order chi connectivity index (χ0) is 11.3. The van der Waals surface area contributed by atoms with Crippen LogP contribution < -0.4 is 5.73 Å². The Morgan fingerprint density at radius 3 is 2.87 bits per heavy atom. The van der Waals surface area contributed by atoms with Gasteiger partial charge in [-0.3, -0.25) is 0 Å². The number of rotatable bonds is 5. The summed E-state index contributed by atoms with van der Waals surface area (Å²) in [7, 11) is 1.65. The minimum atomic E-state index is -0.0669. The van der Waals surface area contributed by atoms with E-state index in [0.717, 1.165) is 24.4 Å². The van der Waals surface area contributed by atoms with E-state index in [1.807, 2.05) is 13.0 Å². The van der Waals surface area contributed by atoms with E-state index in [0.29, 0.717) is 0 Å². The van der Waals surface area contributed by atoms with Crippen LogP contribution in [0.5, 0.6) is 0 Å². The van der Waals surface area contributed by atoms with Crippen molar-refractivity contribution in [3.8, 4) is 0 Å². The lowest BCUT2D eigenvalue weighted by atomic mass is 10.1. The number of hydrogen-bond acceptors (Lipinski definition) is 4. The van der Waals surface area contributed by atoms with E-state index >= 15 is 0 Å². The van der Waals surface area contributed by atoms with Crippen LogP contribution in [0.4, 0.5) is 0 Å². The third kappa shape index (κ3) is 3.57. The van der Waals surface area contributed by atoms with E-state index in [-0.39, 0.29) is 12.1 Å². The molecule has 2 atom stereocenters. The summed E-state index contributed by atoms with van der Waals surface area (Å²) in [5, 5.41) is 0. The van der Waals surface area contributed by atoms with Crippen LogP contribution >= 0.6 is 0 Å². The maximum absolute atomic E-state index is 5.87. The van der Waals surface area contributed by atoms with Crippen molar-refractivity contribution in [3.63, 3.8) is 0 Å². The molecule has 0 bridgehead atoms. The Morgan fingerprint density at radius 2 is 2.27 bits per heavy atom. The number of nitrogens with zero attached hydrogens (tertiary/aromatic N) is 2. The Hall–Kier alpha value is -1.00. The van der Waals surface area contributed by atoms with Gasteiger partial charge in [-0.15, -0.1) is 0 Å². The van der Waals surface area contributed by atoms with Crippen molar-refractivity contribution in [3.05, 3.63) is 23.8 Å². The molecule has 1 rings (SSSR count). The van der Waals surface area contributed by atoms with Crippen LogP contribution in [-0.4, -0.2) is 23.1 Å². The number of nitrogens with two attached hydrogens (primary N) is 1. The Balaban J connectivity index is 2.74. The molecule has 84 valence electrons. The quantitative estimate of drug-likeness (QED) is 0.797. The molecule has 0 radical (unpaired) electrons. The summed E-state index contributed by atoms with van der Waals surface area (Å²) in [4.78, 5) is 8.58. The fourth-order valence-corrected chi connectivity index (χ4v) is 1.24. The molecule has 1 heterocycles. The van der Waals surface area contributed by atoms with Gasteiger partial charge in [-0.2, -0.15) is 0 Å². The van der Waals surface area contributed by atoms with Crippen molar-refractivity contribution in [2.24, 2.45) is 5.73 Å². The maximum Gasteiger partial charge on any atom is 0.156 e. The SMILES string of the molecule is CCC(N)Cc1ccnc(C(C)OC)n1. The fraction of sp³-hybridized carbons (Fsp3) is 0.636. The molecule has 0 aliphatic heterocycles. The summed E-state index contributed by atoms with van der Waals surface area (Å²) in [6.45, 7) is 4.00. The van der Waals surface area contributed by atoms with Crippen LogP contribution in [0.15, 0.2) is 12.3 Å². The highest BCUT2D eigenvalue weighted by molar-refractivity contribution is 5.05. The third-order valence-electron chi connectivity index (χ3n) is 2.44.